The fourth-order valence-corrected chi connectivity index (χ4v) is 4.47. The average molecular weight is 399 g/mol. The summed E-state index contributed by atoms with van der Waals surface area (Å²) in [5, 5.41) is 26.4. The molecule has 0 spiro atoms. The van der Waals surface area contributed by atoms with Gasteiger partial charge in [-0.3, -0.25) is 4.90 Å². The largest absolute Gasteiger partial charge is 0.478 e. The van der Waals surface area contributed by atoms with E-state index in [0.717, 1.165) is 23.7 Å². The highest BCUT2D eigenvalue weighted by Crippen LogP contribution is 2.38. The first kappa shape index (κ1) is 21.1. The molecule has 2 heterocycles. The molecule has 0 bridgehead atoms. The number of nitrogens with one attached hydrogen (secondary N) is 2. The molecule has 0 saturated carbocycles. The number of benzene rings is 1. The summed E-state index contributed by atoms with van der Waals surface area (Å²) >= 11 is 0. The molecule has 0 aliphatic carbocycles. The van der Waals surface area contributed by atoms with Crippen LogP contribution in [0.15, 0.2) is 42.0 Å². The van der Waals surface area contributed by atoms with Crippen LogP contribution >= 0.6 is 0 Å². The first-order valence-electron chi connectivity index (χ1n) is 9.73. The van der Waals surface area contributed by atoms with Gasteiger partial charge in [0.1, 0.15) is 5.66 Å². The Kier molecular flexibility index (Phi) is 5.32. The summed E-state index contributed by atoms with van der Waals surface area (Å²) in [5.74, 6) is -2.55. The molecule has 0 amide bonds. The molecule has 0 aromatic heterocycles. The van der Waals surface area contributed by atoms with E-state index in [0.29, 0.717) is 13.1 Å². The molecule has 1 unspecified atom stereocenters. The Morgan fingerprint density at radius 3 is 2.45 bits per heavy atom. The van der Waals surface area contributed by atoms with Crippen LogP contribution in [0.4, 0.5) is 5.69 Å². The van der Waals surface area contributed by atoms with E-state index in [2.05, 4.69) is 38.3 Å². The van der Waals surface area contributed by atoms with E-state index in [-0.39, 0.29) is 16.7 Å². The number of carbonyl (C=O) groups is 2. The predicted octanol–water partition coefficient (Wildman–Crippen LogP) is 2.77. The number of hydrogen-bond donors (Lipinski definition) is 4. The fraction of sp³-hybridized carbons (Fsp3) is 0.455. The van der Waals surface area contributed by atoms with Gasteiger partial charge in [0.25, 0.3) is 0 Å². The van der Waals surface area contributed by atoms with Crippen molar-refractivity contribution in [2.75, 3.05) is 18.4 Å². The maximum absolute atomic E-state index is 12.2. The maximum Gasteiger partial charge on any atom is 0.335 e. The van der Waals surface area contributed by atoms with Crippen molar-refractivity contribution in [1.82, 2.24) is 10.2 Å². The average Bonchev–Trinajstić information content (AvgIpc) is 2.72. The second kappa shape index (κ2) is 7.31. The van der Waals surface area contributed by atoms with E-state index >= 15 is 0 Å². The van der Waals surface area contributed by atoms with Gasteiger partial charge in [0.2, 0.25) is 0 Å². The molecular weight excluding hydrogens is 370 g/mol. The first-order chi connectivity index (χ1) is 13.4. The highest BCUT2D eigenvalue weighted by molar-refractivity contribution is 5.98. The van der Waals surface area contributed by atoms with Crippen molar-refractivity contribution in [2.45, 2.75) is 50.9 Å². The zero-order valence-electron chi connectivity index (χ0n) is 17.3. The highest BCUT2D eigenvalue weighted by atomic mass is 16.4. The summed E-state index contributed by atoms with van der Waals surface area (Å²) < 4.78 is 0. The zero-order chi connectivity index (χ0) is 21.4. The van der Waals surface area contributed by atoms with Crippen molar-refractivity contribution in [2.24, 2.45) is 0 Å². The fourth-order valence-electron chi connectivity index (χ4n) is 4.47. The monoisotopic (exact) mass is 399 g/mol. The van der Waals surface area contributed by atoms with Crippen LogP contribution < -0.4 is 10.6 Å². The Morgan fingerprint density at radius 2 is 1.79 bits per heavy atom. The minimum absolute atomic E-state index is 0.143. The molecule has 7 nitrogen and oxygen atoms in total. The zero-order valence-corrected chi connectivity index (χ0v) is 17.3. The van der Waals surface area contributed by atoms with Crippen molar-refractivity contribution in [3.05, 3.63) is 47.6 Å². The number of carboxylic acid groups (broad SMARTS) is 2. The van der Waals surface area contributed by atoms with Gasteiger partial charge in [-0.25, -0.2) is 9.59 Å². The van der Waals surface area contributed by atoms with E-state index in [1.165, 1.54) is 0 Å². The topological polar surface area (TPSA) is 102 Å². The molecule has 1 aromatic carbocycles. The quantitative estimate of drug-likeness (QED) is 0.578. The molecule has 3 rings (SSSR count). The van der Waals surface area contributed by atoms with Gasteiger partial charge in [-0.1, -0.05) is 24.3 Å². The van der Waals surface area contributed by atoms with Crippen molar-refractivity contribution < 1.29 is 19.8 Å². The number of carboxylic acids is 2. The lowest BCUT2D eigenvalue weighted by atomic mass is 9.89. The second-order valence-corrected chi connectivity index (χ2v) is 9.08. The summed E-state index contributed by atoms with van der Waals surface area (Å²) in [5.41, 5.74) is -0.260. The molecule has 1 fully saturated rings. The molecule has 2 aliphatic rings. The van der Waals surface area contributed by atoms with Crippen LogP contribution in [0.2, 0.25) is 0 Å². The van der Waals surface area contributed by atoms with Gasteiger partial charge in [-0.2, -0.15) is 0 Å². The van der Waals surface area contributed by atoms with Gasteiger partial charge in [0, 0.05) is 35.9 Å². The van der Waals surface area contributed by atoms with Crippen LogP contribution in [0.1, 0.15) is 39.7 Å². The van der Waals surface area contributed by atoms with Crippen LogP contribution in [0.25, 0.3) is 6.08 Å². The molecule has 1 atom stereocenters. The number of hydrogen-bond acceptors (Lipinski definition) is 5. The van der Waals surface area contributed by atoms with Crippen molar-refractivity contribution in [1.29, 1.82) is 0 Å². The van der Waals surface area contributed by atoms with Crippen LogP contribution in [0.3, 0.4) is 0 Å². The molecule has 2 aliphatic heterocycles. The molecular formula is C22H29N3O4. The summed E-state index contributed by atoms with van der Waals surface area (Å²) in [4.78, 5) is 25.8. The van der Waals surface area contributed by atoms with Crippen LogP contribution in [-0.4, -0.2) is 56.9 Å². The number of nitrogens with zero attached hydrogens (tertiary/aromatic N) is 1. The van der Waals surface area contributed by atoms with Crippen LogP contribution in [-0.2, 0) is 9.59 Å². The molecule has 156 valence electrons. The molecule has 7 heteroatoms. The van der Waals surface area contributed by atoms with Gasteiger partial charge in [-0.15, -0.1) is 0 Å². The predicted molar refractivity (Wildman–Crippen MR) is 113 cm³/mol. The second-order valence-electron chi connectivity index (χ2n) is 9.08. The SMILES string of the molecule is CC1(C)CCN(C2(C(=CC(=O)O)C(=O)O)C=Cc3ccccc3N2)CC(C)(C)N1. The highest BCUT2D eigenvalue weighted by Gasteiger charge is 2.47. The first-order valence-corrected chi connectivity index (χ1v) is 9.73. The van der Waals surface area contributed by atoms with Gasteiger partial charge in [-0.05, 0) is 51.8 Å². The minimum Gasteiger partial charge on any atom is -0.478 e. The Hall–Kier alpha value is -2.64. The van der Waals surface area contributed by atoms with Gasteiger partial charge in [0.15, 0.2) is 0 Å². The van der Waals surface area contributed by atoms with Crippen molar-refractivity contribution >= 4 is 23.7 Å². The number of anilines is 1. The van der Waals surface area contributed by atoms with E-state index in [1.807, 2.05) is 35.2 Å². The number of fused-ring (bicyclic) bond motifs is 1. The minimum atomic E-state index is -1.29. The summed E-state index contributed by atoms with van der Waals surface area (Å²) in [6.07, 6.45) is 5.20. The Bertz CT molecular complexity index is 888. The summed E-state index contributed by atoms with van der Waals surface area (Å²) in [7, 11) is 0. The van der Waals surface area contributed by atoms with Crippen LogP contribution in [0, 0.1) is 0 Å². The number of aliphatic carboxylic acids is 2. The lowest BCUT2D eigenvalue weighted by Gasteiger charge is -2.47. The molecule has 0 radical (unpaired) electrons. The maximum atomic E-state index is 12.2. The number of para-hydroxylation sites is 1. The standard InChI is InChI=1S/C22H29N3O4/c1-20(2)11-12-25(14-21(3,4)24-20)22(16(19(28)29)13-18(26)27)10-9-15-7-5-6-8-17(15)23-22/h5-10,13,23-24H,11-12,14H2,1-4H3,(H,26,27)(H,28,29). The summed E-state index contributed by atoms with van der Waals surface area (Å²) in [6.45, 7) is 9.50. The van der Waals surface area contributed by atoms with E-state index in [9.17, 15) is 19.8 Å². The molecule has 1 aromatic rings. The van der Waals surface area contributed by atoms with Crippen LogP contribution in [0.5, 0.6) is 0 Å². The van der Waals surface area contributed by atoms with Crippen molar-refractivity contribution in [3.63, 3.8) is 0 Å². The van der Waals surface area contributed by atoms with Crippen molar-refractivity contribution in [3.8, 4) is 0 Å². The van der Waals surface area contributed by atoms with E-state index < -0.39 is 17.6 Å². The third-order valence-electron chi connectivity index (χ3n) is 5.47. The smallest absolute Gasteiger partial charge is 0.335 e. The molecule has 1 saturated heterocycles. The molecule has 29 heavy (non-hydrogen) atoms. The Morgan fingerprint density at radius 1 is 1.10 bits per heavy atom. The number of rotatable bonds is 4. The van der Waals surface area contributed by atoms with E-state index in [1.54, 1.807) is 6.08 Å². The molecule has 4 N–H and O–H groups in total. The van der Waals surface area contributed by atoms with Gasteiger partial charge < -0.3 is 20.8 Å². The Balaban J connectivity index is 2.17. The normalized spacial score (nSPS) is 26.1. The van der Waals surface area contributed by atoms with Gasteiger partial charge in [0.05, 0.1) is 5.57 Å². The lowest BCUT2D eigenvalue weighted by Crippen LogP contribution is -2.61. The third kappa shape index (κ3) is 4.36. The Labute approximate surface area is 171 Å². The lowest BCUT2D eigenvalue weighted by molar-refractivity contribution is -0.136. The summed E-state index contributed by atoms with van der Waals surface area (Å²) in [6, 6.07) is 7.58. The van der Waals surface area contributed by atoms with E-state index in [4.69, 9.17) is 0 Å². The van der Waals surface area contributed by atoms with Gasteiger partial charge >= 0.3 is 11.9 Å². The third-order valence-corrected chi connectivity index (χ3v) is 5.47.